The van der Waals surface area contributed by atoms with E-state index in [2.05, 4.69) is 5.32 Å². The third-order valence-corrected chi connectivity index (χ3v) is 4.29. The molecule has 2 heterocycles. The fourth-order valence-electron chi connectivity index (χ4n) is 3.09. The Kier molecular flexibility index (Phi) is 5.03. The predicted molar refractivity (Wildman–Crippen MR) is 92.8 cm³/mol. The third-order valence-electron chi connectivity index (χ3n) is 4.29. The number of fused-ring (bicyclic) bond motifs is 1. The van der Waals surface area contributed by atoms with Crippen LogP contribution in [0.5, 0.6) is 0 Å². The van der Waals surface area contributed by atoms with Crippen molar-refractivity contribution in [3.63, 3.8) is 0 Å². The molecule has 0 aliphatic carbocycles. The molecule has 1 aliphatic heterocycles. The average Bonchev–Trinajstić information content (AvgIpc) is 3.25. The van der Waals surface area contributed by atoms with E-state index >= 15 is 0 Å². The lowest BCUT2D eigenvalue weighted by atomic mass is 10.1. The zero-order chi connectivity index (χ0) is 19.6. The number of ether oxygens (including phenoxy) is 1. The second-order valence-electron chi connectivity index (χ2n) is 5.96. The molecule has 0 spiro atoms. The first-order valence-electron chi connectivity index (χ1n) is 8.41. The van der Waals surface area contributed by atoms with E-state index in [0.717, 1.165) is 12.5 Å². The number of amides is 1. The molecule has 0 fully saturated rings. The summed E-state index contributed by atoms with van der Waals surface area (Å²) in [6.07, 6.45) is 1.33. The summed E-state index contributed by atoms with van der Waals surface area (Å²) in [4.78, 5) is 36.7. The maximum Gasteiger partial charge on any atom is 0.381 e. The molecule has 1 amide bonds. The number of nitrogens with zero attached hydrogens (tertiary/aromatic N) is 2. The fourth-order valence-corrected chi connectivity index (χ4v) is 3.09. The van der Waals surface area contributed by atoms with Crippen molar-refractivity contribution in [2.75, 3.05) is 11.9 Å². The number of anilines is 1. The molecule has 3 rings (SSSR count). The van der Waals surface area contributed by atoms with Crippen molar-refractivity contribution in [3.05, 3.63) is 52.6 Å². The smallest absolute Gasteiger partial charge is 0.381 e. The van der Waals surface area contributed by atoms with Gasteiger partial charge < -0.3 is 14.6 Å². The summed E-state index contributed by atoms with van der Waals surface area (Å²) in [5.41, 5.74) is 1.11. The Labute approximate surface area is 154 Å². The molecule has 0 bridgehead atoms. The van der Waals surface area contributed by atoms with Crippen molar-refractivity contribution in [2.24, 2.45) is 0 Å². The monoisotopic (exact) mass is 369 g/mol. The van der Waals surface area contributed by atoms with Crippen molar-refractivity contribution < 1.29 is 23.5 Å². The summed E-state index contributed by atoms with van der Waals surface area (Å²) >= 11 is 0. The molecule has 0 atom stereocenters. The number of carbonyl (C=O) groups is 3. The van der Waals surface area contributed by atoms with E-state index in [0.29, 0.717) is 18.7 Å². The molecule has 7 nitrogen and oxygen atoms in total. The number of rotatable bonds is 5. The van der Waals surface area contributed by atoms with Crippen LogP contribution in [0.1, 0.15) is 45.4 Å². The maximum atomic E-state index is 13.4. The molecule has 0 saturated heterocycles. The van der Waals surface area contributed by atoms with E-state index in [4.69, 9.17) is 10.00 Å². The molecule has 1 aliphatic rings. The van der Waals surface area contributed by atoms with Gasteiger partial charge in [0, 0.05) is 17.9 Å². The van der Waals surface area contributed by atoms with Gasteiger partial charge in [-0.25, -0.2) is 9.18 Å². The molecular weight excluding hydrogens is 353 g/mol. The molecule has 0 unspecified atom stereocenters. The lowest BCUT2D eigenvalue weighted by molar-refractivity contribution is -0.137. The number of aromatic nitrogens is 1. The normalized spacial score (nSPS) is 12.2. The van der Waals surface area contributed by atoms with Crippen molar-refractivity contribution in [1.82, 2.24) is 4.57 Å². The number of Topliss-reactive ketones (excluding diaryl/α,β-unsaturated/α-hetero) is 1. The highest BCUT2D eigenvalue weighted by molar-refractivity contribution is 6.40. The number of hydrogen-bond acceptors (Lipinski definition) is 5. The van der Waals surface area contributed by atoms with Gasteiger partial charge in [-0.3, -0.25) is 9.59 Å². The van der Waals surface area contributed by atoms with Crippen LogP contribution in [0, 0.1) is 17.1 Å². The van der Waals surface area contributed by atoms with Crippen molar-refractivity contribution in [3.8, 4) is 6.07 Å². The van der Waals surface area contributed by atoms with Gasteiger partial charge in [0.25, 0.3) is 11.7 Å². The zero-order valence-electron chi connectivity index (χ0n) is 14.5. The quantitative estimate of drug-likeness (QED) is 0.496. The van der Waals surface area contributed by atoms with Crippen LogP contribution in [0.15, 0.2) is 24.3 Å². The Balaban J connectivity index is 1.90. The highest BCUT2D eigenvalue weighted by Crippen LogP contribution is 2.26. The standard InChI is InChI=1S/C19H16FN3O4/c1-2-27-19(26)17(24)16-9-13(15-4-3-7-23(15)16)18(25)22-12-5-6-14(20)11(8-12)10-21/h5-6,8-9H,2-4,7H2,1H3,(H,22,25). The van der Waals surface area contributed by atoms with E-state index in [9.17, 15) is 18.8 Å². The van der Waals surface area contributed by atoms with Crippen LogP contribution in [0.2, 0.25) is 0 Å². The van der Waals surface area contributed by atoms with Crippen LogP contribution in [0.4, 0.5) is 10.1 Å². The van der Waals surface area contributed by atoms with Gasteiger partial charge in [-0.15, -0.1) is 0 Å². The Morgan fingerprint density at radius 1 is 1.33 bits per heavy atom. The number of nitrogens with one attached hydrogen (secondary N) is 1. The predicted octanol–water partition coefficient (Wildman–Crippen LogP) is 2.44. The van der Waals surface area contributed by atoms with Gasteiger partial charge in [-0.2, -0.15) is 5.26 Å². The van der Waals surface area contributed by atoms with Crippen LogP contribution in [-0.2, 0) is 22.5 Å². The van der Waals surface area contributed by atoms with Crippen LogP contribution < -0.4 is 5.32 Å². The Morgan fingerprint density at radius 3 is 2.81 bits per heavy atom. The maximum absolute atomic E-state index is 13.4. The van der Waals surface area contributed by atoms with Crippen LogP contribution >= 0.6 is 0 Å². The molecule has 138 valence electrons. The number of benzene rings is 1. The van der Waals surface area contributed by atoms with E-state index < -0.39 is 23.5 Å². The second-order valence-corrected chi connectivity index (χ2v) is 5.96. The first-order valence-corrected chi connectivity index (χ1v) is 8.41. The summed E-state index contributed by atoms with van der Waals surface area (Å²) in [5, 5.41) is 11.5. The minimum absolute atomic E-state index is 0.0806. The van der Waals surface area contributed by atoms with E-state index in [-0.39, 0.29) is 29.1 Å². The van der Waals surface area contributed by atoms with Crippen molar-refractivity contribution in [2.45, 2.75) is 26.3 Å². The number of halogens is 1. The third kappa shape index (κ3) is 3.44. The molecule has 1 aromatic carbocycles. The van der Waals surface area contributed by atoms with Crippen LogP contribution in [0.25, 0.3) is 0 Å². The average molecular weight is 369 g/mol. The van der Waals surface area contributed by atoms with Gasteiger partial charge in [0.15, 0.2) is 0 Å². The summed E-state index contributed by atoms with van der Waals surface area (Å²) in [6, 6.07) is 6.74. The van der Waals surface area contributed by atoms with E-state index in [1.165, 1.54) is 18.2 Å². The van der Waals surface area contributed by atoms with Crippen molar-refractivity contribution >= 4 is 23.3 Å². The van der Waals surface area contributed by atoms with Crippen molar-refractivity contribution in [1.29, 1.82) is 5.26 Å². The largest absolute Gasteiger partial charge is 0.460 e. The number of carbonyl (C=O) groups excluding carboxylic acids is 3. The first-order chi connectivity index (χ1) is 13.0. The summed E-state index contributed by atoms with van der Waals surface area (Å²) < 4.78 is 19.8. The number of ketones is 1. The highest BCUT2D eigenvalue weighted by atomic mass is 19.1. The molecule has 0 saturated carbocycles. The van der Waals surface area contributed by atoms with Gasteiger partial charge in [0.05, 0.1) is 23.4 Å². The molecule has 1 N–H and O–H groups in total. The summed E-state index contributed by atoms with van der Waals surface area (Å²) in [6.45, 7) is 2.21. The van der Waals surface area contributed by atoms with Gasteiger partial charge >= 0.3 is 5.97 Å². The molecule has 0 radical (unpaired) electrons. The second kappa shape index (κ2) is 7.41. The Morgan fingerprint density at radius 2 is 2.11 bits per heavy atom. The minimum atomic E-state index is -0.964. The summed E-state index contributed by atoms with van der Waals surface area (Å²) in [7, 11) is 0. The Bertz CT molecular complexity index is 988. The lowest BCUT2D eigenvalue weighted by Gasteiger charge is -2.06. The van der Waals surface area contributed by atoms with Crippen LogP contribution in [0.3, 0.4) is 0 Å². The zero-order valence-corrected chi connectivity index (χ0v) is 14.5. The van der Waals surface area contributed by atoms with Crippen LogP contribution in [-0.4, -0.2) is 28.8 Å². The molecule has 8 heteroatoms. The number of hydrogen-bond donors (Lipinski definition) is 1. The molecule has 1 aromatic heterocycles. The van der Waals surface area contributed by atoms with Gasteiger partial charge in [0.1, 0.15) is 11.9 Å². The lowest BCUT2D eigenvalue weighted by Crippen LogP contribution is -2.20. The fraction of sp³-hybridized carbons (Fsp3) is 0.263. The van der Waals surface area contributed by atoms with Gasteiger partial charge in [-0.05, 0) is 44.0 Å². The van der Waals surface area contributed by atoms with E-state index in [1.807, 2.05) is 0 Å². The van der Waals surface area contributed by atoms with Gasteiger partial charge in [0.2, 0.25) is 0 Å². The Hall–Kier alpha value is -3.47. The van der Waals surface area contributed by atoms with Gasteiger partial charge in [-0.1, -0.05) is 0 Å². The topological polar surface area (TPSA) is 101 Å². The number of esters is 1. The van der Waals surface area contributed by atoms with E-state index in [1.54, 1.807) is 17.6 Å². The molecule has 27 heavy (non-hydrogen) atoms. The minimum Gasteiger partial charge on any atom is -0.460 e. The summed E-state index contributed by atoms with van der Waals surface area (Å²) in [5.74, 6) is -2.94. The highest BCUT2D eigenvalue weighted by Gasteiger charge is 2.30. The molecular formula is C19H16FN3O4. The first kappa shape index (κ1) is 18.3. The molecule has 2 aromatic rings. The SMILES string of the molecule is CCOC(=O)C(=O)c1cc(C(=O)Nc2ccc(F)c(C#N)c2)c2n1CCC2. The number of nitriles is 1.